The number of rotatable bonds is 9. The molecule has 3 aromatic carbocycles. The maximum absolute atomic E-state index is 13.3. The summed E-state index contributed by atoms with van der Waals surface area (Å²) in [5.41, 5.74) is 7.60. The number of quaternary nitrogens is 1. The third-order valence-corrected chi connectivity index (χ3v) is 7.71. The normalized spacial score (nSPS) is 14.0. The summed E-state index contributed by atoms with van der Waals surface area (Å²) in [5, 5.41) is 5.06. The van der Waals surface area contributed by atoms with Crippen molar-refractivity contribution in [2.75, 3.05) is 38.3 Å². The van der Waals surface area contributed by atoms with E-state index >= 15 is 0 Å². The van der Waals surface area contributed by atoms with Crippen molar-refractivity contribution in [2.45, 2.75) is 13.5 Å². The van der Waals surface area contributed by atoms with Crippen LogP contribution in [0.2, 0.25) is 0 Å². The van der Waals surface area contributed by atoms with E-state index in [0.717, 1.165) is 58.7 Å². The zero-order valence-electron chi connectivity index (χ0n) is 22.3. The molecule has 4 aromatic rings. The molecule has 5 rings (SSSR count). The fraction of sp³-hybridized carbons (Fsp3) is 0.258. The largest absolute Gasteiger partial charge is 0.496 e. The minimum absolute atomic E-state index is 0.295. The van der Waals surface area contributed by atoms with Gasteiger partial charge in [0.15, 0.2) is 0 Å². The number of carbonyl (C=O) groups excluding carboxylic acids is 1. The lowest BCUT2D eigenvalue weighted by atomic mass is 10.0. The predicted molar refractivity (Wildman–Crippen MR) is 158 cm³/mol. The summed E-state index contributed by atoms with van der Waals surface area (Å²) in [6, 6.07) is 23.2. The van der Waals surface area contributed by atoms with Gasteiger partial charge in [0.05, 0.1) is 49.8 Å². The molecule has 200 valence electrons. The van der Waals surface area contributed by atoms with E-state index in [0.29, 0.717) is 17.9 Å². The summed E-state index contributed by atoms with van der Waals surface area (Å²) in [6.07, 6.45) is 1.68. The van der Waals surface area contributed by atoms with Crippen LogP contribution < -0.4 is 19.8 Å². The zero-order chi connectivity index (χ0) is 27.0. The maximum Gasteiger partial charge on any atom is 0.272 e. The Labute approximate surface area is 233 Å². The van der Waals surface area contributed by atoms with Crippen LogP contribution in [0.25, 0.3) is 22.2 Å². The Morgan fingerprint density at radius 3 is 2.74 bits per heavy atom. The summed E-state index contributed by atoms with van der Waals surface area (Å²) < 4.78 is 11.3. The van der Waals surface area contributed by atoms with Crippen LogP contribution >= 0.6 is 11.8 Å². The minimum Gasteiger partial charge on any atom is -0.496 e. The van der Waals surface area contributed by atoms with E-state index in [1.807, 2.05) is 85.4 Å². The van der Waals surface area contributed by atoms with E-state index in [9.17, 15) is 4.79 Å². The Morgan fingerprint density at radius 1 is 1.08 bits per heavy atom. The first kappa shape index (κ1) is 26.7. The Hall–Kier alpha value is -3.88. The molecule has 2 N–H and O–H groups in total. The smallest absolute Gasteiger partial charge is 0.272 e. The summed E-state index contributed by atoms with van der Waals surface area (Å²) in [6.45, 7) is 5.74. The van der Waals surface area contributed by atoms with Gasteiger partial charge < -0.3 is 14.4 Å². The molecule has 0 saturated carbocycles. The molecule has 1 amide bonds. The molecule has 8 heteroatoms. The van der Waals surface area contributed by atoms with Crippen LogP contribution in [0, 0.1) is 0 Å². The molecular weight excluding hydrogens is 508 g/mol. The first-order valence-corrected chi connectivity index (χ1v) is 14.3. The number of amides is 1. The Balaban J connectivity index is 1.37. The van der Waals surface area contributed by atoms with Crippen molar-refractivity contribution in [3.05, 3.63) is 89.5 Å². The average Bonchev–Trinajstić information content (AvgIpc) is 2.97. The number of nitrogens with zero attached hydrogens (tertiary/aromatic N) is 2. The zero-order valence-corrected chi connectivity index (χ0v) is 23.1. The molecule has 0 radical (unpaired) electrons. The summed E-state index contributed by atoms with van der Waals surface area (Å²) in [7, 11) is 1.70. The van der Waals surface area contributed by atoms with Gasteiger partial charge in [-0.25, -0.2) is 10.4 Å². The first-order chi connectivity index (χ1) is 19.1. The average molecular weight is 542 g/mol. The number of para-hydroxylation sites is 1. The number of hydrazone groups is 1. The third-order valence-electron chi connectivity index (χ3n) is 6.73. The van der Waals surface area contributed by atoms with Crippen LogP contribution in [0.3, 0.4) is 0 Å². The molecule has 7 nitrogen and oxygen atoms in total. The van der Waals surface area contributed by atoms with Crippen molar-refractivity contribution in [3.63, 3.8) is 0 Å². The molecule has 0 atom stereocenters. The van der Waals surface area contributed by atoms with Gasteiger partial charge in [-0.3, -0.25) is 4.79 Å². The molecular formula is C31H33N4O3S+. The van der Waals surface area contributed by atoms with Crippen LogP contribution in [-0.2, 0) is 6.54 Å². The molecule has 0 bridgehead atoms. The van der Waals surface area contributed by atoms with Gasteiger partial charge in [0.25, 0.3) is 5.91 Å². The molecule has 1 saturated heterocycles. The standard InChI is InChI=1S/C31H32N4O3S/c1-3-38-25-8-6-7-23(18-25)29-19-27(26-9-4-5-10-28(26)33-29)31(36)34-32-20-22-11-12-30(37-2)24(17-22)21-35-13-15-39-16-14-35/h4-12,17-20H,3,13-16,21H2,1-2H3,(H,34,36)/p+1. The third kappa shape index (κ3) is 6.58. The second-order valence-corrected chi connectivity index (χ2v) is 10.6. The number of methoxy groups -OCH3 is 1. The molecule has 1 aromatic heterocycles. The van der Waals surface area contributed by atoms with E-state index in [1.54, 1.807) is 18.2 Å². The first-order valence-electron chi connectivity index (χ1n) is 13.2. The van der Waals surface area contributed by atoms with E-state index in [4.69, 9.17) is 14.5 Å². The summed E-state index contributed by atoms with van der Waals surface area (Å²) in [4.78, 5) is 19.7. The number of ether oxygens (including phenoxy) is 2. The van der Waals surface area contributed by atoms with Crippen LogP contribution in [0.5, 0.6) is 11.5 Å². The van der Waals surface area contributed by atoms with Crippen molar-refractivity contribution >= 4 is 34.8 Å². The highest BCUT2D eigenvalue weighted by Crippen LogP contribution is 2.27. The van der Waals surface area contributed by atoms with Gasteiger partial charge in [0.1, 0.15) is 18.0 Å². The summed E-state index contributed by atoms with van der Waals surface area (Å²) >= 11 is 2.01. The van der Waals surface area contributed by atoms with E-state index in [-0.39, 0.29) is 5.91 Å². The van der Waals surface area contributed by atoms with Gasteiger partial charge in [-0.05, 0) is 55.0 Å². The lowest BCUT2D eigenvalue weighted by molar-refractivity contribution is -0.910. The monoisotopic (exact) mass is 541 g/mol. The van der Waals surface area contributed by atoms with Gasteiger partial charge >= 0.3 is 0 Å². The number of aromatic nitrogens is 1. The number of thioether (sulfide) groups is 1. The highest BCUT2D eigenvalue weighted by Gasteiger charge is 2.17. The fourth-order valence-electron chi connectivity index (χ4n) is 4.77. The van der Waals surface area contributed by atoms with Crippen molar-refractivity contribution in [3.8, 4) is 22.8 Å². The number of nitrogens with one attached hydrogen (secondary N) is 2. The van der Waals surface area contributed by atoms with Crippen molar-refractivity contribution < 1.29 is 19.2 Å². The number of hydrogen-bond acceptors (Lipinski definition) is 6. The van der Waals surface area contributed by atoms with Crippen LogP contribution in [0.4, 0.5) is 0 Å². The van der Waals surface area contributed by atoms with Crippen LogP contribution in [-0.4, -0.2) is 55.4 Å². The molecule has 0 unspecified atom stereocenters. The highest BCUT2D eigenvalue weighted by molar-refractivity contribution is 7.99. The Bertz CT molecular complexity index is 1480. The van der Waals surface area contributed by atoms with E-state index in [1.165, 1.54) is 11.5 Å². The van der Waals surface area contributed by atoms with Gasteiger partial charge in [0, 0.05) is 28.0 Å². The van der Waals surface area contributed by atoms with Crippen molar-refractivity contribution in [2.24, 2.45) is 5.10 Å². The number of hydrogen-bond donors (Lipinski definition) is 2. The number of carbonyl (C=O) groups is 1. The molecule has 0 aliphatic carbocycles. The summed E-state index contributed by atoms with van der Waals surface area (Å²) in [5.74, 6) is 3.73. The second-order valence-electron chi connectivity index (χ2n) is 9.34. The van der Waals surface area contributed by atoms with E-state index in [2.05, 4.69) is 16.6 Å². The quantitative estimate of drug-likeness (QED) is 0.245. The number of fused-ring (bicyclic) bond motifs is 1. The Kier molecular flexibility index (Phi) is 8.75. The SMILES string of the molecule is CCOc1cccc(-c2cc(C(=O)NN=Cc3ccc(OC)c(C[NH+]4CCSCC4)c3)c3ccccc3n2)c1. The topological polar surface area (TPSA) is 77.2 Å². The number of pyridine rings is 1. The van der Waals surface area contributed by atoms with Crippen molar-refractivity contribution in [1.29, 1.82) is 0 Å². The van der Waals surface area contributed by atoms with Crippen LogP contribution in [0.1, 0.15) is 28.4 Å². The molecule has 1 aliphatic rings. The van der Waals surface area contributed by atoms with Crippen LogP contribution in [0.15, 0.2) is 77.9 Å². The Morgan fingerprint density at radius 2 is 1.92 bits per heavy atom. The lowest BCUT2D eigenvalue weighted by Gasteiger charge is -2.24. The maximum atomic E-state index is 13.3. The van der Waals surface area contributed by atoms with Crippen molar-refractivity contribution in [1.82, 2.24) is 10.4 Å². The van der Waals surface area contributed by atoms with Gasteiger partial charge in [-0.2, -0.15) is 16.9 Å². The molecule has 39 heavy (non-hydrogen) atoms. The molecule has 1 fully saturated rings. The minimum atomic E-state index is -0.295. The molecule has 0 spiro atoms. The predicted octanol–water partition coefficient (Wildman–Crippen LogP) is 4.20. The van der Waals surface area contributed by atoms with Gasteiger partial charge in [-0.1, -0.05) is 30.3 Å². The van der Waals surface area contributed by atoms with Gasteiger partial charge in [0.2, 0.25) is 0 Å². The fourth-order valence-corrected chi connectivity index (χ4v) is 5.84. The second kappa shape index (κ2) is 12.8. The van der Waals surface area contributed by atoms with E-state index < -0.39 is 0 Å². The highest BCUT2D eigenvalue weighted by atomic mass is 32.2. The lowest BCUT2D eigenvalue weighted by Crippen LogP contribution is -3.12. The van der Waals surface area contributed by atoms with Gasteiger partial charge in [-0.15, -0.1) is 0 Å². The molecule has 2 heterocycles. The number of benzene rings is 3. The molecule has 1 aliphatic heterocycles.